The summed E-state index contributed by atoms with van der Waals surface area (Å²) in [5.74, 6) is 1.98. The molecule has 0 N–H and O–H groups in total. The molecule has 2 aliphatic rings. The second-order valence-corrected chi connectivity index (χ2v) is 11.0. The van der Waals surface area contributed by atoms with Crippen LogP contribution in [-0.4, -0.2) is 57.6 Å². The van der Waals surface area contributed by atoms with Gasteiger partial charge in [-0.15, -0.1) is 0 Å². The summed E-state index contributed by atoms with van der Waals surface area (Å²) in [6, 6.07) is 13.9. The van der Waals surface area contributed by atoms with Crippen molar-refractivity contribution in [2.24, 2.45) is 23.7 Å². The fourth-order valence-corrected chi connectivity index (χ4v) is 5.87. The van der Waals surface area contributed by atoms with Gasteiger partial charge in [-0.25, -0.2) is 4.98 Å². The van der Waals surface area contributed by atoms with Crippen molar-refractivity contribution in [3.05, 3.63) is 58.9 Å². The zero-order chi connectivity index (χ0) is 26.3. The molecule has 0 unspecified atom stereocenters. The number of fused-ring (bicyclic) bond motifs is 2. The Kier molecular flexibility index (Phi) is 7.12. The van der Waals surface area contributed by atoms with Gasteiger partial charge in [-0.05, 0) is 43.1 Å². The molecule has 1 amide bonds. The van der Waals surface area contributed by atoms with Gasteiger partial charge in [0.2, 0.25) is 0 Å². The number of esters is 1. The Hall–Kier alpha value is -3.13. The van der Waals surface area contributed by atoms with E-state index in [2.05, 4.69) is 42.8 Å². The van der Waals surface area contributed by atoms with Crippen molar-refractivity contribution in [3.8, 4) is 0 Å². The fraction of sp³-hybridized carbons (Fsp3) is 0.500. The van der Waals surface area contributed by atoms with Gasteiger partial charge in [0.1, 0.15) is 11.0 Å². The second kappa shape index (κ2) is 10.3. The normalized spacial score (nSPS) is 21.2. The van der Waals surface area contributed by atoms with Gasteiger partial charge in [-0.2, -0.15) is 9.61 Å². The summed E-state index contributed by atoms with van der Waals surface area (Å²) in [6.07, 6.45) is 0.441. The van der Waals surface area contributed by atoms with Crippen LogP contribution in [0.4, 0.5) is 5.82 Å². The molecule has 8 nitrogen and oxygen atoms in total. The molecule has 1 aliphatic heterocycles. The van der Waals surface area contributed by atoms with E-state index in [4.69, 9.17) is 21.4 Å². The number of carbonyl (C=O) groups is 2. The highest BCUT2D eigenvalue weighted by Crippen LogP contribution is 2.53. The molecule has 1 saturated heterocycles. The van der Waals surface area contributed by atoms with Crippen molar-refractivity contribution in [3.63, 3.8) is 0 Å². The molecule has 4 atom stereocenters. The first kappa shape index (κ1) is 25.5. The van der Waals surface area contributed by atoms with Crippen LogP contribution in [0.3, 0.4) is 0 Å². The average molecular weight is 524 g/mol. The lowest BCUT2D eigenvalue weighted by Crippen LogP contribution is -2.33. The largest absolute Gasteiger partial charge is 0.466 e. The summed E-state index contributed by atoms with van der Waals surface area (Å²) >= 11 is 6.46. The number of hydrogen-bond acceptors (Lipinski definition) is 6. The first-order valence-electron chi connectivity index (χ1n) is 13.1. The van der Waals surface area contributed by atoms with Crippen LogP contribution >= 0.6 is 11.6 Å². The number of nitrogens with zero attached hydrogens (tertiary/aromatic N) is 5. The first-order valence-corrected chi connectivity index (χ1v) is 13.5. The molecule has 5 rings (SSSR count). The van der Waals surface area contributed by atoms with Gasteiger partial charge < -0.3 is 14.5 Å². The lowest BCUT2D eigenvalue weighted by atomic mass is 10.1. The predicted octanol–water partition coefficient (Wildman–Crippen LogP) is 4.88. The van der Waals surface area contributed by atoms with Crippen molar-refractivity contribution in [2.45, 2.75) is 40.2 Å². The molecule has 1 aliphatic carbocycles. The number of aromatic nitrogens is 3. The molecule has 3 aromatic rings. The average Bonchev–Trinajstić information content (AvgIpc) is 3.20. The number of halogens is 1. The summed E-state index contributed by atoms with van der Waals surface area (Å²) < 4.78 is 6.83. The number of benzene rings is 1. The zero-order valence-electron chi connectivity index (χ0n) is 21.8. The van der Waals surface area contributed by atoms with E-state index in [1.807, 2.05) is 36.1 Å². The van der Waals surface area contributed by atoms with Gasteiger partial charge >= 0.3 is 5.97 Å². The van der Waals surface area contributed by atoms with Crippen LogP contribution < -0.4 is 4.90 Å². The number of piperidine rings is 1. The molecule has 37 heavy (non-hydrogen) atoms. The number of hydrogen-bond donors (Lipinski definition) is 0. The number of amides is 1. The van der Waals surface area contributed by atoms with E-state index in [0.717, 1.165) is 12.4 Å². The Labute approximate surface area is 222 Å². The third-order valence-corrected chi connectivity index (χ3v) is 7.76. The Bertz CT molecular complexity index is 1280. The molecular weight excluding hydrogens is 490 g/mol. The second-order valence-electron chi connectivity index (χ2n) is 10.6. The van der Waals surface area contributed by atoms with Gasteiger partial charge in [0.25, 0.3) is 5.91 Å². The molecular formula is C28H34ClN5O3. The molecule has 0 spiro atoms. The maximum absolute atomic E-state index is 13.4. The van der Waals surface area contributed by atoms with E-state index in [9.17, 15) is 9.59 Å². The van der Waals surface area contributed by atoms with Gasteiger partial charge in [0.15, 0.2) is 11.3 Å². The van der Waals surface area contributed by atoms with Crippen LogP contribution in [0, 0.1) is 23.7 Å². The molecule has 1 saturated carbocycles. The lowest BCUT2D eigenvalue weighted by Gasteiger charge is -2.33. The molecule has 1 aromatic carbocycles. The van der Waals surface area contributed by atoms with Crippen molar-refractivity contribution in [1.82, 2.24) is 19.5 Å². The minimum absolute atomic E-state index is 0.0654. The van der Waals surface area contributed by atoms with Crippen LogP contribution in [0.5, 0.6) is 0 Å². The fourth-order valence-electron chi connectivity index (χ4n) is 5.69. The minimum atomic E-state index is -0.147. The summed E-state index contributed by atoms with van der Waals surface area (Å²) in [5.41, 5.74) is 2.09. The first-order chi connectivity index (χ1) is 17.8. The number of likely N-dealkylation sites (tertiary alicyclic amines) is 1. The van der Waals surface area contributed by atoms with Crippen LogP contribution in [0.25, 0.3) is 5.65 Å². The molecule has 196 valence electrons. The Morgan fingerprint density at radius 2 is 1.84 bits per heavy atom. The number of rotatable bonds is 9. The van der Waals surface area contributed by atoms with E-state index in [-0.39, 0.29) is 17.9 Å². The smallest absolute Gasteiger partial charge is 0.306 e. The van der Waals surface area contributed by atoms with E-state index >= 15 is 0 Å². The Morgan fingerprint density at radius 3 is 2.49 bits per heavy atom. The van der Waals surface area contributed by atoms with Crippen molar-refractivity contribution in [1.29, 1.82) is 0 Å². The standard InChI is InChI=1S/C28H34ClN5O3/c1-5-37-27(35)11-20-21-15-32(16-22(20)21)28(36)23-12-25-30-24(29)13-26(34(25)31-23)33(14-17(2)3)18(4)19-9-7-6-8-10-19/h6-10,12-13,17-18,20-22H,5,11,14-16H2,1-4H3/t18-,20-,21-,22+/m0/s1. The maximum atomic E-state index is 13.4. The van der Waals surface area contributed by atoms with Crippen molar-refractivity contribution >= 4 is 34.9 Å². The monoisotopic (exact) mass is 523 g/mol. The predicted molar refractivity (Wildman–Crippen MR) is 143 cm³/mol. The van der Waals surface area contributed by atoms with Crippen molar-refractivity contribution in [2.75, 3.05) is 31.1 Å². The quantitative estimate of drug-likeness (QED) is 0.294. The number of anilines is 1. The topological polar surface area (TPSA) is 80.0 Å². The molecule has 0 bridgehead atoms. The van der Waals surface area contributed by atoms with Gasteiger partial charge in [-0.1, -0.05) is 55.8 Å². The van der Waals surface area contributed by atoms with E-state index in [1.54, 1.807) is 10.6 Å². The van der Waals surface area contributed by atoms with Crippen molar-refractivity contribution < 1.29 is 14.3 Å². The summed E-state index contributed by atoms with van der Waals surface area (Å²) in [7, 11) is 0. The third kappa shape index (κ3) is 5.17. The van der Waals surface area contributed by atoms with E-state index < -0.39 is 0 Å². The van der Waals surface area contributed by atoms with Crippen LogP contribution in [0.1, 0.15) is 56.2 Å². The Morgan fingerprint density at radius 1 is 1.14 bits per heavy atom. The third-order valence-electron chi connectivity index (χ3n) is 7.57. The van der Waals surface area contributed by atoms with Crippen LogP contribution in [-0.2, 0) is 9.53 Å². The summed E-state index contributed by atoms with van der Waals surface area (Å²) in [6.45, 7) is 10.8. The number of ether oxygens (including phenoxy) is 1. The minimum Gasteiger partial charge on any atom is -0.466 e. The summed E-state index contributed by atoms with van der Waals surface area (Å²) in [5, 5.41) is 5.08. The molecule has 2 aromatic heterocycles. The molecule has 0 radical (unpaired) electrons. The van der Waals surface area contributed by atoms with E-state index in [1.165, 1.54) is 5.56 Å². The number of carbonyl (C=O) groups excluding carboxylic acids is 2. The molecule has 9 heteroatoms. The SMILES string of the molecule is CCOC(=O)C[C@@H]1[C@H]2CN(C(=O)c3cc4nc(Cl)cc(N(CC(C)C)[C@@H](C)c5ccccc5)n4n3)C[C@@H]12. The maximum Gasteiger partial charge on any atom is 0.306 e. The summed E-state index contributed by atoms with van der Waals surface area (Å²) in [4.78, 5) is 33.8. The molecule has 3 heterocycles. The highest BCUT2D eigenvalue weighted by molar-refractivity contribution is 6.29. The molecule has 2 fully saturated rings. The van der Waals surface area contributed by atoms with Gasteiger partial charge in [0.05, 0.1) is 12.6 Å². The van der Waals surface area contributed by atoms with E-state index in [0.29, 0.717) is 66.3 Å². The zero-order valence-corrected chi connectivity index (χ0v) is 22.6. The highest BCUT2D eigenvalue weighted by Gasteiger charge is 2.57. The lowest BCUT2D eigenvalue weighted by molar-refractivity contribution is -0.143. The van der Waals surface area contributed by atoms with Gasteiger partial charge in [-0.3, -0.25) is 9.59 Å². The van der Waals surface area contributed by atoms with Gasteiger partial charge in [0, 0.05) is 38.2 Å². The Balaban J connectivity index is 1.39. The highest BCUT2D eigenvalue weighted by atomic mass is 35.5. The van der Waals surface area contributed by atoms with Crippen LogP contribution in [0.2, 0.25) is 5.15 Å². The van der Waals surface area contributed by atoms with Crippen LogP contribution in [0.15, 0.2) is 42.5 Å².